The first-order valence-electron chi connectivity index (χ1n) is 15.8. The van der Waals surface area contributed by atoms with Crippen molar-refractivity contribution < 1.29 is 0 Å². The standard InChI is InChI=1S/C43H29N5/c1-3-10-30(11-4-1)36-14-9-15-37(28-36)43-47-41(34-12-5-2-6-13-34)46-42(48-43)35-23-21-32(22-24-35)31-17-19-33(20-18-31)38-25-26-40(45-29-38)39-16-7-8-27-44-39/h1-29H. The molecule has 3 aromatic heterocycles. The van der Waals surface area contributed by atoms with Crippen molar-refractivity contribution in [3.05, 3.63) is 176 Å². The molecule has 5 aromatic carbocycles. The van der Waals surface area contributed by atoms with Crippen molar-refractivity contribution in [2.75, 3.05) is 0 Å². The number of pyridine rings is 2. The van der Waals surface area contributed by atoms with E-state index in [-0.39, 0.29) is 0 Å². The van der Waals surface area contributed by atoms with Crippen LogP contribution < -0.4 is 0 Å². The topological polar surface area (TPSA) is 64.5 Å². The van der Waals surface area contributed by atoms with E-state index in [1.54, 1.807) is 6.20 Å². The van der Waals surface area contributed by atoms with Gasteiger partial charge >= 0.3 is 0 Å². The Labute approximate surface area is 279 Å². The van der Waals surface area contributed by atoms with Crippen LogP contribution in [0.3, 0.4) is 0 Å². The Kier molecular flexibility index (Phi) is 7.83. The van der Waals surface area contributed by atoms with E-state index in [1.807, 2.05) is 66.9 Å². The van der Waals surface area contributed by atoms with E-state index in [1.165, 1.54) is 0 Å². The summed E-state index contributed by atoms with van der Waals surface area (Å²) in [5, 5.41) is 0. The third-order valence-electron chi connectivity index (χ3n) is 8.28. The lowest BCUT2D eigenvalue weighted by atomic mass is 10.00. The molecule has 0 fully saturated rings. The van der Waals surface area contributed by atoms with E-state index in [4.69, 9.17) is 15.0 Å². The molecule has 226 valence electrons. The zero-order valence-electron chi connectivity index (χ0n) is 26.0. The van der Waals surface area contributed by atoms with E-state index < -0.39 is 0 Å². The summed E-state index contributed by atoms with van der Waals surface area (Å²) in [6.45, 7) is 0. The maximum absolute atomic E-state index is 4.98. The van der Waals surface area contributed by atoms with E-state index in [2.05, 4.69) is 113 Å². The van der Waals surface area contributed by atoms with Gasteiger partial charge in [-0.15, -0.1) is 0 Å². The molecule has 0 atom stereocenters. The highest BCUT2D eigenvalue weighted by molar-refractivity contribution is 5.75. The molecule has 0 aliphatic rings. The lowest BCUT2D eigenvalue weighted by molar-refractivity contribution is 1.07. The van der Waals surface area contributed by atoms with Gasteiger partial charge in [0, 0.05) is 34.6 Å². The maximum atomic E-state index is 4.98. The smallest absolute Gasteiger partial charge is 0.164 e. The van der Waals surface area contributed by atoms with Gasteiger partial charge < -0.3 is 0 Å². The third kappa shape index (κ3) is 6.13. The third-order valence-corrected chi connectivity index (χ3v) is 8.28. The first kappa shape index (κ1) is 28.9. The minimum absolute atomic E-state index is 0.632. The van der Waals surface area contributed by atoms with Crippen LogP contribution in [-0.2, 0) is 0 Å². The molecular weight excluding hydrogens is 587 g/mol. The van der Waals surface area contributed by atoms with Crippen LogP contribution in [0.15, 0.2) is 176 Å². The largest absolute Gasteiger partial charge is 0.255 e. The highest BCUT2D eigenvalue weighted by Crippen LogP contribution is 2.30. The fraction of sp³-hybridized carbons (Fsp3) is 0. The summed E-state index contributed by atoms with van der Waals surface area (Å²) in [7, 11) is 0. The van der Waals surface area contributed by atoms with Gasteiger partial charge in [-0.3, -0.25) is 9.97 Å². The van der Waals surface area contributed by atoms with Gasteiger partial charge in [0.05, 0.1) is 11.4 Å². The van der Waals surface area contributed by atoms with Crippen LogP contribution in [0.2, 0.25) is 0 Å². The van der Waals surface area contributed by atoms with Gasteiger partial charge in [-0.05, 0) is 52.1 Å². The number of hydrogen-bond acceptors (Lipinski definition) is 5. The van der Waals surface area contributed by atoms with Gasteiger partial charge in [-0.25, -0.2) is 15.0 Å². The minimum atomic E-state index is 0.632. The van der Waals surface area contributed by atoms with Crippen molar-refractivity contribution in [2.45, 2.75) is 0 Å². The molecule has 0 spiro atoms. The molecule has 0 aliphatic heterocycles. The van der Waals surface area contributed by atoms with Crippen molar-refractivity contribution in [3.8, 4) is 78.9 Å². The fourth-order valence-corrected chi connectivity index (χ4v) is 5.72. The van der Waals surface area contributed by atoms with Gasteiger partial charge in [0.1, 0.15) is 0 Å². The predicted molar refractivity (Wildman–Crippen MR) is 193 cm³/mol. The summed E-state index contributed by atoms with van der Waals surface area (Å²) < 4.78 is 0. The van der Waals surface area contributed by atoms with Gasteiger partial charge in [0.15, 0.2) is 17.5 Å². The Morgan fingerprint density at radius 2 is 0.708 bits per heavy atom. The molecule has 0 radical (unpaired) electrons. The Hall–Kier alpha value is -6.59. The number of rotatable bonds is 7. The molecule has 5 nitrogen and oxygen atoms in total. The zero-order valence-corrected chi connectivity index (χ0v) is 26.0. The van der Waals surface area contributed by atoms with Gasteiger partial charge in [0.25, 0.3) is 0 Å². The molecule has 8 aromatic rings. The molecular formula is C43H29N5. The SMILES string of the molecule is c1ccc(-c2cccc(-c3nc(-c4ccccc4)nc(-c4ccc(-c5ccc(-c6ccc(-c7ccccn7)nc6)cc5)cc4)n3)c2)cc1. The molecule has 0 amide bonds. The second-order valence-electron chi connectivity index (χ2n) is 11.4. The van der Waals surface area contributed by atoms with Crippen LogP contribution in [0.25, 0.3) is 78.9 Å². The average molecular weight is 616 g/mol. The van der Waals surface area contributed by atoms with Crippen molar-refractivity contribution in [1.29, 1.82) is 0 Å². The van der Waals surface area contributed by atoms with E-state index in [0.717, 1.165) is 61.5 Å². The van der Waals surface area contributed by atoms with Gasteiger partial charge in [-0.1, -0.05) is 140 Å². The van der Waals surface area contributed by atoms with Gasteiger partial charge in [0.2, 0.25) is 0 Å². The van der Waals surface area contributed by atoms with Crippen LogP contribution in [0.4, 0.5) is 0 Å². The van der Waals surface area contributed by atoms with Crippen molar-refractivity contribution in [1.82, 2.24) is 24.9 Å². The quantitative estimate of drug-likeness (QED) is 0.178. The van der Waals surface area contributed by atoms with Crippen LogP contribution in [0.5, 0.6) is 0 Å². The van der Waals surface area contributed by atoms with Crippen molar-refractivity contribution >= 4 is 0 Å². The second-order valence-corrected chi connectivity index (χ2v) is 11.4. The molecule has 5 heteroatoms. The van der Waals surface area contributed by atoms with Crippen LogP contribution >= 0.6 is 0 Å². The summed E-state index contributed by atoms with van der Waals surface area (Å²) in [6, 6.07) is 55.7. The van der Waals surface area contributed by atoms with Crippen LogP contribution in [0, 0.1) is 0 Å². The fourth-order valence-electron chi connectivity index (χ4n) is 5.72. The monoisotopic (exact) mass is 615 g/mol. The first-order chi connectivity index (χ1) is 23.8. The number of benzene rings is 5. The Bertz CT molecular complexity index is 2290. The Morgan fingerprint density at radius 1 is 0.271 bits per heavy atom. The number of aromatic nitrogens is 5. The minimum Gasteiger partial charge on any atom is -0.255 e. The highest BCUT2D eigenvalue weighted by Gasteiger charge is 2.13. The maximum Gasteiger partial charge on any atom is 0.164 e. The van der Waals surface area contributed by atoms with Crippen LogP contribution in [-0.4, -0.2) is 24.9 Å². The predicted octanol–water partition coefficient (Wildman–Crippen LogP) is 10.3. The second kappa shape index (κ2) is 13.0. The molecule has 8 rings (SSSR count). The summed E-state index contributed by atoms with van der Waals surface area (Å²) in [5.74, 6) is 1.91. The molecule has 0 aliphatic carbocycles. The van der Waals surface area contributed by atoms with Crippen LogP contribution in [0.1, 0.15) is 0 Å². The van der Waals surface area contributed by atoms with Crippen molar-refractivity contribution in [3.63, 3.8) is 0 Å². The summed E-state index contributed by atoms with van der Waals surface area (Å²) >= 11 is 0. The van der Waals surface area contributed by atoms with E-state index >= 15 is 0 Å². The Morgan fingerprint density at radius 3 is 1.29 bits per heavy atom. The Balaban J connectivity index is 1.08. The summed E-state index contributed by atoms with van der Waals surface area (Å²) in [6.07, 6.45) is 3.68. The number of hydrogen-bond donors (Lipinski definition) is 0. The molecule has 0 unspecified atom stereocenters. The molecule has 3 heterocycles. The van der Waals surface area contributed by atoms with E-state index in [0.29, 0.717) is 17.5 Å². The first-order valence-corrected chi connectivity index (χ1v) is 15.8. The molecule has 48 heavy (non-hydrogen) atoms. The van der Waals surface area contributed by atoms with Crippen molar-refractivity contribution in [2.24, 2.45) is 0 Å². The molecule has 0 saturated heterocycles. The summed E-state index contributed by atoms with van der Waals surface area (Å²) in [4.78, 5) is 23.9. The lowest BCUT2D eigenvalue weighted by Crippen LogP contribution is -2.00. The molecule has 0 saturated carbocycles. The summed E-state index contributed by atoms with van der Waals surface area (Å²) in [5.41, 5.74) is 11.2. The normalized spacial score (nSPS) is 10.9. The number of nitrogens with zero attached hydrogens (tertiary/aromatic N) is 5. The van der Waals surface area contributed by atoms with E-state index in [9.17, 15) is 0 Å². The highest BCUT2D eigenvalue weighted by atomic mass is 15.0. The molecule has 0 N–H and O–H groups in total. The lowest BCUT2D eigenvalue weighted by Gasteiger charge is -2.10. The zero-order chi connectivity index (χ0) is 32.1. The van der Waals surface area contributed by atoms with Gasteiger partial charge in [-0.2, -0.15) is 0 Å². The average Bonchev–Trinajstić information content (AvgIpc) is 3.19. The molecule has 0 bridgehead atoms.